The van der Waals surface area contributed by atoms with Gasteiger partial charge in [0.2, 0.25) is 0 Å². The Bertz CT molecular complexity index is 437. The van der Waals surface area contributed by atoms with Crippen molar-refractivity contribution in [1.82, 2.24) is 4.98 Å². The molecule has 1 heterocycles. The molecule has 2 N–H and O–H groups in total. The van der Waals surface area contributed by atoms with Crippen LogP contribution in [0.1, 0.15) is 19.5 Å². The Morgan fingerprint density at radius 3 is 2.60 bits per heavy atom. The summed E-state index contributed by atoms with van der Waals surface area (Å²) in [7, 11) is 0. The van der Waals surface area contributed by atoms with Gasteiger partial charge in [0.15, 0.2) is 0 Å². The average Bonchev–Trinajstić information content (AvgIpc) is 1.99. The Labute approximate surface area is 86.5 Å². The number of pyridine rings is 1. The number of nitrogens with one attached hydrogen (secondary N) is 2. The van der Waals surface area contributed by atoms with E-state index in [9.17, 15) is 14.9 Å². The van der Waals surface area contributed by atoms with Crippen LogP contribution < -0.4 is 10.9 Å². The van der Waals surface area contributed by atoms with Crippen LogP contribution in [0.4, 0.5) is 11.4 Å². The summed E-state index contributed by atoms with van der Waals surface area (Å²) in [5.41, 5.74) is -0.262. The molecule has 0 aliphatic carbocycles. The molecule has 6 heteroatoms. The number of rotatable bonds is 3. The van der Waals surface area contributed by atoms with Crippen molar-refractivity contribution in [3.63, 3.8) is 0 Å². The van der Waals surface area contributed by atoms with Crippen LogP contribution in [0.15, 0.2) is 10.9 Å². The maximum Gasteiger partial charge on any atom is 0.356 e. The molecule has 0 aliphatic heterocycles. The van der Waals surface area contributed by atoms with Crippen molar-refractivity contribution in [3.05, 3.63) is 32.2 Å². The lowest BCUT2D eigenvalue weighted by molar-refractivity contribution is -0.385. The zero-order chi connectivity index (χ0) is 11.6. The van der Waals surface area contributed by atoms with Gasteiger partial charge in [0, 0.05) is 11.7 Å². The van der Waals surface area contributed by atoms with Gasteiger partial charge in [0.1, 0.15) is 5.69 Å². The Morgan fingerprint density at radius 2 is 2.13 bits per heavy atom. The van der Waals surface area contributed by atoms with Crippen LogP contribution in [0.2, 0.25) is 0 Å². The lowest BCUT2D eigenvalue weighted by Gasteiger charge is -2.10. The molecule has 0 unspecified atom stereocenters. The fraction of sp³-hybridized carbons (Fsp3) is 0.444. The van der Waals surface area contributed by atoms with Crippen LogP contribution in [-0.2, 0) is 0 Å². The number of hydrogen-bond donors (Lipinski definition) is 2. The summed E-state index contributed by atoms with van der Waals surface area (Å²) in [6.07, 6.45) is 0. The predicted octanol–water partition coefficient (Wildman–Crippen LogP) is 1.41. The smallest absolute Gasteiger partial charge is 0.356 e. The van der Waals surface area contributed by atoms with E-state index >= 15 is 0 Å². The van der Waals surface area contributed by atoms with E-state index in [-0.39, 0.29) is 11.7 Å². The normalized spacial score (nSPS) is 10.4. The first-order valence-electron chi connectivity index (χ1n) is 4.56. The molecule has 0 aliphatic rings. The summed E-state index contributed by atoms with van der Waals surface area (Å²) in [6, 6.07) is 1.59. The van der Waals surface area contributed by atoms with Gasteiger partial charge < -0.3 is 10.3 Å². The van der Waals surface area contributed by atoms with Crippen LogP contribution in [-0.4, -0.2) is 15.9 Å². The van der Waals surface area contributed by atoms with Gasteiger partial charge in [-0.1, -0.05) is 0 Å². The zero-order valence-electron chi connectivity index (χ0n) is 8.83. The van der Waals surface area contributed by atoms with E-state index in [1.807, 2.05) is 13.8 Å². The third-order valence-corrected chi connectivity index (χ3v) is 1.77. The fourth-order valence-electron chi connectivity index (χ4n) is 1.28. The topological polar surface area (TPSA) is 88.0 Å². The highest BCUT2D eigenvalue weighted by atomic mass is 16.6. The molecule has 0 saturated carbocycles. The van der Waals surface area contributed by atoms with Crippen molar-refractivity contribution in [1.29, 1.82) is 0 Å². The summed E-state index contributed by atoms with van der Waals surface area (Å²) in [4.78, 5) is 23.7. The second-order valence-corrected chi connectivity index (χ2v) is 3.60. The molecule has 0 saturated heterocycles. The summed E-state index contributed by atoms with van der Waals surface area (Å²) < 4.78 is 0. The predicted molar refractivity (Wildman–Crippen MR) is 57.2 cm³/mol. The van der Waals surface area contributed by atoms with Gasteiger partial charge in [-0.2, -0.15) is 0 Å². The van der Waals surface area contributed by atoms with Crippen molar-refractivity contribution in [2.24, 2.45) is 0 Å². The van der Waals surface area contributed by atoms with Crippen molar-refractivity contribution in [3.8, 4) is 0 Å². The standard InChI is InChI=1S/C9H13N3O3/c1-5(2)10-7-4-6(3)11-9(13)8(7)12(14)15/h4-5H,1-3H3,(H2,10,11,13). The first-order chi connectivity index (χ1) is 6.91. The van der Waals surface area contributed by atoms with Crippen molar-refractivity contribution >= 4 is 11.4 Å². The average molecular weight is 211 g/mol. The minimum Gasteiger partial charge on any atom is -0.377 e. The van der Waals surface area contributed by atoms with Crippen LogP contribution >= 0.6 is 0 Å². The number of nitro groups is 1. The molecule has 1 aromatic heterocycles. The number of aryl methyl sites for hydroxylation is 1. The Hall–Kier alpha value is -1.85. The van der Waals surface area contributed by atoms with Gasteiger partial charge in [0.05, 0.1) is 4.92 Å². The summed E-state index contributed by atoms with van der Waals surface area (Å²) in [5, 5.41) is 13.6. The molecule has 82 valence electrons. The van der Waals surface area contributed by atoms with Crippen molar-refractivity contribution in [2.75, 3.05) is 5.32 Å². The highest BCUT2D eigenvalue weighted by Gasteiger charge is 2.19. The Morgan fingerprint density at radius 1 is 1.53 bits per heavy atom. The molecule has 0 atom stereocenters. The zero-order valence-corrected chi connectivity index (χ0v) is 8.83. The largest absolute Gasteiger partial charge is 0.377 e. The van der Waals surface area contributed by atoms with Gasteiger partial charge in [-0.05, 0) is 26.8 Å². The molecule has 1 aromatic rings. The number of aromatic amines is 1. The third kappa shape index (κ3) is 2.55. The number of nitrogens with zero attached hydrogens (tertiary/aromatic N) is 1. The van der Waals surface area contributed by atoms with E-state index in [2.05, 4.69) is 10.3 Å². The van der Waals surface area contributed by atoms with Crippen molar-refractivity contribution in [2.45, 2.75) is 26.8 Å². The lowest BCUT2D eigenvalue weighted by Crippen LogP contribution is -2.18. The van der Waals surface area contributed by atoms with E-state index in [0.717, 1.165) is 0 Å². The number of aromatic nitrogens is 1. The molecule has 15 heavy (non-hydrogen) atoms. The highest BCUT2D eigenvalue weighted by molar-refractivity contribution is 5.61. The van der Waals surface area contributed by atoms with Crippen molar-refractivity contribution < 1.29 is 4.92 Å². The molecule has 0 aromatic carbocycles. The minimum atomic E-state index is -0.678. The second-order valence-electron chi connectivity index (χ2n) is 3.60. The Kier molecular flexibility index (Phi) is 3.08. The number of anilines is 1. The van der Waals surface area contributed by atoms with E-state index < -0.39 is 16.2 Å². The molecular formula is C9H13N3O3. The summed E-state index contributed by atoms with van der Waals surface area (Å²) in [6.45, 7) is 5.37. The quantitative estimate of drug-likeness (QED) is 0.584. The van der Waals surface area contributed by atoms with Crippen LogP contribution in [0.5, 0.6) is 0 Å². The molecule has 1 rings (SSSR count). The summed E-state index contributed by atoms with van der Waals surface area (Å²) >= 11 is 0. The molecule has 0 spiro atoms. The lowest BCUT2D eigenvalue weighted by atomic mass is 10.2. The van der Waals surface area contributed by atoms with Gasteiger partial charge in [-0.15, -0.1) is 0 Å². The van der Waals surface area contributed by atoms with Crippen LogP contribution in [0, 0.1) is 17.0 Å². The first-order valence-corrected chi connectivity index (χ1v) is 4.56. The molecular weight excluding hydrogens is 198 g/mol. The van der Waals surface area contributed by atoms with Gasteiger partial charge in [-0.25, -0.2) is 0 Å². The molecule has 0 amide bonds. The van der Waals surface area contributed by atoms with Gasteiger partial charge in [0.25, 0.3) is 0 Å². The van der Waals surface area contributed by atoms with Gasteiger partial charge in [-0.3, -0.25) is 14.9 Å². The van der Waals surface area contributed by atoms with Crippen LogP contribution in [0.25, 0.3) is 0 Å². The van der Waals surface area contributed by atoms with Crippen LogP contribution in [0.3, 0.4) is 0 Å². The SMILES string of the molecule is Cc1cc(NC(C)C)c([N+](=O)[O-])c(=O)[nH]1. The maximum absolute atomic E-state index is 11.3. The third-order valence-electron chi connectivity index (χ3n) is 1.77. The monoisotopic (exact) mass is 211 g/mol. The summed E-state index contributed by atoms with van der Waals surface area (Å²) in [5.74, 6) is 0. The molecule has 6 nitrogen and oxygen atoms in total. The first kappa shape index (κ1) is 11.2. The Balaban J connectivity index is 3.33. The number of hydrogen-bond acceptors (Lipinski definition) is 4. The highest BCUT2D eigenvalue weighted by Crippen LogP contribution is 2.20. The molecule has 0 bridgehead atoms. The van der Waals surface area contributed by atoms with E-state index in [1.54, 1.807) is 13.0 Å². The minimum absolute atomic E-state index is 0.0323. The molecule has 0 fully saturated rings. The van der Waals surface area contributed by atoms with Gasteiger partial charge >= 0.3 is 11.2 Å². The fourth-order valence-corrected chi connectivity index (χ4v) is 1.28. The van der Waals surface area contributed by atoms with E-state index in [1.165, 1.54) is 0 Å². The second kappa shape index (κ2) is 4.12. The van der Waals surface area contributed by atoms with E-state index in [4.69, 9.17) is 0 Å². The number of H-pyrrole nitrogens is 1. The maximum atomic E-state index is 11.3. The van der Waals surface area contributed by atoms with E-state index in [0.29, 0.717) is 5.69 Å². The molecule has 0 radical (unpaired) electrons.